The highest BCUT2D eigenvalue weighted by molar-refractivity contribution is 5.55. The van der Waals surface area contributed by atoms with Crippen LogP contribution in [0.25, 0.3) is 6.08 Å². The molecule has 0 N–H and O–H groups in total. The Morgan fingerprint density at radius 1 is 1.38 bits per heavy atom. The summed E-state index contributed by atoms with van der Waals surface area (Å²) in [6, 6.07) is 4.32. The number of hydrogen-bond donors (Lipinski definition) is 0. The predicted molar refractivity (Wildman–Crippen MR) is 71.5 cm³/mol. The number of aromatic nitrogens is 1. The van der Waals surface area contributed by atoms with Crippen molar-refractivity contribution in [1.82, 2.24) is 4.98 Å². The fourth-order valence-corrected chi connectivity index (χ4v) is 1.68. The maximum Gasteiger partial charge on any atom is 0.0448 e. The zero-order valence-electron chi connectivity index (χ0n) is 11.2. The van der Waals surface area contributed by atoms with Crippen molar-refractivity contribution in [3.63, 3.8) is 0 Å². The lowest BCUT2D eigenvalue weighted by Crippen LogP contribution is -1.96. The average molecular weight is 217 g/mol. The normalized spacial score (nSPS) is 13.9. The summed E-state index contributed by atoms with van der Waals surface area (Å²) in [6.45, 7) is 10.9. The van der Waals surface area contributed by atoms with Crippen molar-refractivity contribution in [3.8, 4) is 0 Å². The maximum atomic E-state index is 4.59. The number of aryl methyl sites for hydroxylation is 2. The Morgan fingerprint density at radius 3 is 2.56 bits per heavy atom. The van der Waals surface area contributed by atoms with Crippen LogP contribution in [-0.4, -0.2) is 4.98 Å². The van der Waals surface area contributed by atoms with Gasteiger partial charge in [-0.25, -0.2) is 0 Å². The van der Waals surface area contributed by atoms with Gasteiger partial charge in [0.2, 0.25) is 0 Å². The molecule has 16 heavy (non-hydrogen) atoms. The molecule has 1 heterocycles. The molecule has 0 bridgehead atoms. The van der Waals surface area contributed by atoms with Crippen LogP contribution < -0.4 is 0 Å². The van der Waals surface area contributed by atoms with E-state index in [1.807, 2.05) is 0 Å². The van der Waals surface area contributed by atoms with Crippen LogP contribution >= 0.6 is 0 Å². The van der Waals surface area contributed by atoms with Crippen LogP contribution in [0.3, 0.4) is 0 Å². The molecule has 88 valence electrons. The molecule has 1 aromatic rings. The lowest BCUT2D eigenvalue weighted by Gasteiger charge is -2.10. The van der Waals surface area contributed by atoms with Gasteiger partial charge >= 0.3 is 0 Å². The molecule has 0 aromatic carbocycles. The number of allylic oxidation sites excluding steroid dienone is 1. The molecule has 0 aliphatic carbocycles. The van der Waals surface area contributed by atoms with Crippen molar-refractivity contribution in [2.75, 3.05) is 0 Å². The highest BCUT2D eigenvalue weighted by Crippen LogP contribution is 2.18. The average Bonchev–Trinajstić information content (AvgIpc) is 2.30. The summed E-state index contributed by atoms with van der Waals surface area (Å²) >= 11 is 0. The van der Waals surface area contributed by atoms with Crippen molar-refractivity contribution < 1.29 is 0 Å². The van der Waals surface area contributed by atoms with E-state index in [0.717, 1.165) is 12.1 Å². The molecule has 1 aromatic heterocycles. The van der Waals surface area contributed by atoms with Crippen molar-refractivity contribution in [1.29, 1.82) is 0 Å². The monoisotopic (exact) mass is 217 g/mol. The van der Waals surface area contributed by atoms with Gasteiger partial charge in [0.25, 0.3) is 0 Å². The first-order valence-electron chi connectivity index (χ1n) is 6.23. The summed E-state index contributed by atoms with van der Waals surface area (Å²) < 4.78 is 0. The van der Waals surface area contributed by atoms with Crippen LogP contribution in [0.5, 0.6) is 0 Å². The lowest BCUT2D eigenvalue weighted by molar-refractivity contribution is 0.660. The van der Waals surface area contributed by atoms with Gasteiger partial charge < -0.3 is 0 Å². The highest BCUT2D eigenvalue weighted by atomic mass is 14.7. The molecule has 1 unspecified atom stereocenters. The SMILES string of the molecule is CCc1ccc(/C=C(\C)C(C)CC)c(C)n1. The number of rotatable bonds is 4. The van der Waals surface area contributed by atoms with Gasteiger partial charge in [-0.2, -0.15) is 0 Å². The quantitative estimate of drug-likeness (QED) is 0.728. The van der Waals surface area contributed by atoms with Crippen LogP contribution in [0.2, 0.25) is 0 Å². The van der Waals surface area contributed by atoms with E-state index in [2.05, 4.69) is 57.8 Å². The van der Waals surface area contributed by atoms with E-state index < -0.39 is 0 Å². The molecule has 1 heteroatoms. The van der Waals surface area contributed by atoms with Gasteiger partial charge in [-0.05, 0) is 44.2 Å². The van der Waals surface area contributed by atoms with Crippen LogP contribution in [0.15, 0.2) is 17.7 Å². The van der Waals surface area contributed by atoms with Gasteiger partial charge in [0.15, 0.2) is 0 Å². The summed E-state index contributed by atoms with van der Waals surface area (Å²) in [5.41, 5.74) is 5.02. The molecule has 0 fully saturated rings. The Balaban J connectivity index is 2.97. The molecule has 1 rings (SSSR count). The Hall–Kier alpha value is -1.11. The second-order valence-corrected chi connectivity index (χ2v) is 4.53. The number of hydrogen-bond acceptors (Lipinski definition) is 1. The Morgan fingerprint density at radius 2 is 2.06 bits per heavy atom. The largest absolute Gasteiger partial charge is 0.258 e. The second-order valence-electron chi connectivity index (χ2n) is 4.53. The minimum absolute atomic E-state index is 0.658. The molecule has 1 atom stereocenters. The summed E-state index contributed by atoms with van der Waals surface area (Å²) in [5, 5.41) is 0. The third-order valence-electron chi connectivity index (χ3n) is 3.32. The summed E-state index contributed by atoms with van der Waals surface area (Å²) in [5.74, 6) is 0.658. The van der Waals surface area contributed by atoms with E-state index >= 15 is 0 Å². The molecule has 1 nitrogen and oxygen atoms in total. The zero-order valence-corrected chi connectivity index (χ0v) is 11.2. The topological polar surface area (TPSA) is 12.9 Å². The van der Waals surface area contributed by atoms with Crippen molar-refractivity contribution in [2.24, 2.45) is 5.92 Å². The molecule has 0 saturated heterocycles. The van der Waals surface area contributed by atoms with Crippen LogP contribution in [-0.2, 0) is 6.42 Å². The van der Waals surface area contributed by atoms with Gasteiger partial charge in [0, 0.05) is 11.4 Å². The van der Waals surface area contributed by atoms with Crippen molar-refractivity contribution >= 4 is 6.08 Å². The summed E-state index contributed by atoms with van der Waals surface area (Å²) in [4.78, 5) is 4.59. The minimum atomic E-state index is 0.658. The zero-order chi connectivity index (χ0) is 12.1. The van der Waals surface area contributed by atoms with Crippen molar-refractivity contribution in [2.45, 2.75) is 47.5 Å². The third-order valence-corrected chi connectivity index (χ3v) is 3.32. The molecule has 0 radical (unpaired) electrons. The first-order valence-corrected chi connectivity index (χ1v) is 6.23. The van der Waals surface area contributed by atoms with Crippen LogP contribution in [0.4, 0.5) is 0 Å². The maximum absolute atomic E-state index is 4.59. The number of nitrogens with zero attached hydrogens (tertiary/aromatic N) is 1. The molecular weight excluding hydrogens is 194 g/mol. The standard InChI is InChI=1S/C15H23N/c1-6-11(3)12(4)10-14-8-9-15(7-2)16-13(14)5/h8-11H,6-7H2,1-5H3/b12-10+. The Bertz CT molecular complexity index is 377. The van der Waals surface area contributed by atoms with Crippen LogP contribution in [0.1, 0.15) is 51.1 Å². The first-order chi connectivity index (χ1) is 7.58. The fraction of sp³-hybridized carbons (Fsp3) is 0.533. The van der Waals surface area contributed by atoms with E-state index in [4.69, 9.17) is 0 Å². The minimum Gasteiger partial charge on any atom is -0.258 e. The summed E-state index contributed by atoms with van der Waals surface area (Å²) in [7, 11) is 0. The third kappa shape index (κ3) is 3.19. The molecule has 0 saturated carbocycles. The molecular formula is C15H23N. The lowest BCUT2D eigenvalue weighted by atomic mass is 9.97. The van der Waals surface area contributed by atoms with E-state index in [1.165, 1.54) is 23.3 Å². The predicted octanol–water partition coefficient (Wildman–Crippen LogP) is 4.40. The van der Waals surface area contributed by atoms with Gasteiger partial charge in [0.1, 0.15) is 0 Å². The second kappa shape index (κ2) is 5.83. The van der Waals surface area contributed by atoms with E-state index in [-0.39, 0.29) is 0 Å². The first kappa shape index (κ1) is 13.0. The summed E-state index contributed by atoms with van der Waals surface area (Å²) in [6.07, 6.45) is 4.48. The Kier molecular flexibility index (Phi) is 4.72. The van der Waals surface area contributed by atoms with E-state index in [9.17, 15) is 0 Å². The van der Waals surface area contributed by atoms with Crippen LogP contribution in [0, 0.1) is 12.8 Å². The molecule has 0 aliphatic rings. The smallest absolute Gasteiger partial charge is 0.0448 e. The van der Waals surface area contributed by atoms with Gasteiger partial charge in [0.05, 0.1) is 0 Å². The molecule has 0 aliphatic heterocycles. The van der Waals surface area contributed by atoms with Crippen molar-refractivity contribution in [3.05, 3.63) is 34.7 Å². The molecule has 0 amide bonds. The van der Waals surface area contributed by atoms with Gasteiger partial charge in [-0.1, -0.05) is 38.5 Å². The van der Waals surface area contributed by atoms with Gasteiger partial charge in [-0.3, -0.25) is 4.98 Å². The Labute approximate surface area is 99.6 Å². The van der Waals surface area contributed by atoms with E-state index in [1.54, 1.807) is 0 Å². The highest BCUT2D eigenvalue weighted by Gasteiger charge is 2.03. The fourth-order valence-electron chi connectivity index (χ4n) is 1.68. The number of pyridine rings is 1. The van der Waals surface area contributed by atoms with E-state index in [0.29, 0.717) is 5.92 Å². The molecule has 0 spiro atoms. The van der Waals surface area contributed by atoms with Gasteiger partial charge in [-0.15, -0.1) is 0 Å².